The second-order valence-electron chi connectivity index (χ2n) is 4.76. The summed E-state index contributed by atoms with van der Waals surface area (Å²) in [6, 6.07) is 9.17. The Bertz CT molecular complexity index is 670. The normalized spacial score (nSPS) is 13.8. The van der Waals surface area contributed by atoms with Gasteiger partial charge in [-0.25, -0.2) is 0 Å². The number of carbonyl (C=O) groups excluding carboxylic acids is 1. The van der Waals surface area contributed by atoms with Crippen LogP contribution in [0.3, 0.4) is 0 Å². The van der Waals surface area contributed by atoms with Gasteiger partial charge in [-0.1, -0.05) is 6.07 Å². The van der Waals surface area contributed by atoms with Crippen molar-refractivity contribution in [1.29, 1.82) is 0 Å². The minimum atomic E-state index is -0.0766. The number of aryl methyl sites for hydroxylation is 1. The maximum absolute atomic E-state index is 12.1. The quantitative estimate of drug-likeness (QED) is 0.845. The van der Waals surface area contributed by atoms with Gasteiger partial charge in [0.25, 0.3) is 5.91 Å². The van der Waals surface area contributed by atoms with Gasteiger partial charge in [-0.3, -0.25) is 14.7 Å². The minimum absolute atomic E-state index is 0.0301. The molecule has 1 aliphatic heterocycles. The summed E-state index contributed by atoms with van der Waals surface area (Å²) in [6.07, 6.45) is 1.73. The van der Waals surface area contributed by atoms with Gasteiger partial charge in [0.05, 0.1) is 17.9 Å². The van der Waals surface area contributed by atoms with Crippen molar-refractivity contribution in [2.24, 2.45) is 0 Å². The minimum Gasteiger partial charge on any atom is -0.481 e. The lowest BCUT2D eigenvalue weighted by Crippen LogP contribution is -2.38. The molecule has 2 heterocycles. The number of carbonyl (C=O) groups is 1. The second-order valence-corrected chi connectivity index (χ2v) is 4.76. The number of pyridine rings is 1. The lowest BCUT2D eigenvalue weighted by Gasteiger charge is -2.29. The number of nitrogens with two attached hydrogens (primary N) is 1. The fourth-order valence-corrected chi connectivity index (χ4v) is 2.23. The molecule has 1 aliphatic rings. The van der Waals surface area contributed by atoms with Crippen LogP contribution in [-0.2, 0) is 11.3 Å². The summed E-state index contributed by atoms with van der Waals surface area (Å²) in [5, 5.41) is 0. The van der Waals surface area contributed by atoms with Crippen LogP contribution in [0.15, 0.2) is 36.5 Å². The molecule has 1 aromatic carbocycles. The van der Waals surface area contributed by atoms with Gasteiger partial charge in [0, 0.05) is 18.0 Å². The number of fused-ring (bicyclic) bond motifs is 1. The van der Waals surface area contributed by atoms with E-state index in [0.717, 1.165) is 16.9 Å². The monoisotopic (exact) mass is 269 g/mol. The molecule has 20 heavy (non-hydrogen) atoms. The molecule has 0 fully saturated rings. The van der Waals surface area contributed by atoms with Gasteiger partial charge in [0.1, 0.15) is 5.75 Å². The summed E-state index contributed by atoms with van der Waals surface area (Å²) >= 11 is 0. The molecule has 0 bridgehead atoms. The first-order valence-corrected chi connectivity index (χ1v) is 6.38. The van der Waals surface area contributed by atoms with Crippen molar-refractivity contribution in [3.05, 3.63) is 47.8 Å². The predicted molar refractivity (Wildman–Crippen MR) is 76.5 cm³/mol. The van der Waals surface area contributed by atoms with Crippen molar-refractivity contribution in [2.75, 3.05) is 17.2 Å². The third-order valence-corrected chi connectivity index (χ3v) is 3.35. The average molecular weight is 269 g/mol. The number of hydrogen-bond acceptors (Lipinski definition) is 4. The van der Waals surface area contributed by atoms with E-state index in [2.05, 4.69) is 4.98 Å². The van der Waals surface area contributed by atoms with Crippen LogP contribution in [0.4, 0.5) is 11.4 Å². The molecule has 0 aliphatic carbocycles. The van der Waals surface area contributed by atoms with Crippen molar-refractivity contribution in [1.82, 2.24) is 4.98 Å². The zero-order chi connectivity index (χ0) is 14.1. The van der Waals surface area contributed by atoms with E-state index in [1.807, 2.05) is 19.1 Å². The Kier molecular flexibility index (Phi) is 3.02. The first-order chi connectivity index (χ1) is 9.65. The summed E-state index contributed by atoms with van der Waals surface area (Å²) in [6.45, 7) is 2.45. The van der Waals surface area contributed by atoms with E-state index in [0.29, 0.717) is 18.0 Å². The standard InChI is InChI=1S/C15H15N3O2/c1-10-3-2-6-17-12(10)8-18-13-5-4-11(16)7-14(13)20-9-15(18)19/h2-7H,8-9,16H2,1H3. The number of nitrogen functional groups attached to an aromatic ring is 1. The molecule has 1 amide bonds. The summed E-state index contributed by atoms with van der Waals surface area (Å²) in [7, 11) is 0. The SMILES string of the molecule is Cc1cccnc1CN1C(=O)COc2cc(N)ccc21. The molecule has 5 heteroatoms. The summed E-state index contributed by atoms with van der Waals surface area (Å²) in [5.41, 5.74) is 9.04. The van der Waals surface area contributed by atoms with Crippen molar-refractivity contribution in [3.8, 4) is 5.75 Å². The highest BCUT2D eigenvalue weighted by Gasteiger charge is 2.26. The summed E-state index contributed by atoms with van der Waals surface area (Å²) in [5.74, 6) is 0.561. The van der Waals surface area contributed by atoms with Crippen molar-refractivity contribution in [3.63, 3.8) is 0 Å². The number of amides is 1. The number of hydrogen-bond donors (Lipinski definition) is 1. The molecule has 0 atom stereocenters. The molecule has 0 saturated heterocycles. The Morgan fingerprint density at radius 3 is 3.05 bits per heavy atom. The molecule has 2 N–H and O–H groups in total. The van der Waals surface area contributed by atoms with E-state index in [4.69, 9.17) is 10.5 Å². The highest BCUT2D eigenvalue weighted by Crippen LogP contribution is 2.34. The highest BCUT2D eigenvalue weighted by molar-refractivity contribution is 5.98. The first-order valence-electron chi connectivity index (χ1n) is 6.38. The van der Waals surface area contributed by atoms with Crippen LogP contribution in [0, 0.1) is 6.92 Å². The molecule has 3 rings (SSSR count). The van der Waals surface area contributed by atoms with Gasteiger partial charge in [-0.15, -0.1) is 0 Å². The number of nitrogens with zero attached hydrogens (tertiary/aromatic N) is 2. The highest BCUT2D eigenvalue weighted by atomic mass is 16.5. The molecule has 0 radical (unpaired) electrons. The Morgan fingerprint density at radius 2 is 2.25 bits per heavy atom. The van der Waals surface area contributed by atoms with Crippen LogP contribution in [0.25, 0.3) is 0 Å². The number of anilines is 2. The van der Waals surface area contributed by atoms with Gasteiger partial charge in [0.15, 0.2) is 6.61 Å². The number of ether oxygens (including phenoxy) is 1. The molecule has 102 valence electrons. The van der Waals surface area contributed by atoms with Crippen LogP contribution in [0.5, 0.6) is 5.75 Å². The van der Waals surface area contributed by atoms with Crippen LogP contribution in [-0.4, -0.2) is 17.5 Å². The summed E-state index contributed by atoms with van der Waals surface area (Å²) < 4.78 is 5.42. The molecule has 2 aromatic rings. The van der Waals surface area contributed by atoms with E-state index in [1.54, 1.807) is 29.3 Å². The van der Waals surface area contributed by atoms with Gasteiger partial charge in [0.2, 0.25) is 0 Å². The zero-order valence-electron chi connectivity index (χ0n) is 11.2. The fourth-order valence-electron chi connectivity index (χ4n) is 2.23. The van der Waals surface area contributed by atoms with E-state index < -0.39 is 0 Å². The lowest BCUT2D eigenvalue weighted by molar-refractivity contribution is -0.121. The van der Waals surface area contributed by atoms with E-state index in [-0.39, 0.29) is 12.5 Å². The van der Waals surface area contributed by atoms with E-state index in [9.17, 15) is 4.79 Å². The Hall–Kier alpha value is -2.56. The van der Waals surface area contributed by atoms with E-state index in [1.165, 1.54) is 0 Å². The largest absolute Gasteiger partial charge is 0.481 e. The van der Waals surface area contributed by atoms with Crippen molar-refractivity contribution in [2.45, 2.75) is 13.5 Å². The molecule has 0 unspecified atom stereocenters. The average Bonchev–Trinajstić information content (AvgIpc) is 2.44. The van der Waals surface area contributed by atoms with Gasteiger partial charge in [-0.05, 0) is 30.7 Å². The van der Waals surface area contributed by atoms with Crippen LogP contribution >= 0.6 is 0 Å². The molecule has 0 spiro atoms. The third kappa shape index (κ3) is 2.18. The van der Waals surface area contributed by atoms with Gasteiger partial charge in [-0.2, -0.15) is 0 Å². The Morgan fingerprint density at radius 1 is 1.40 bits per heavy atom. The fraction of sp³-hybridized carbons (Fsp3) is 0.200. The van der Waals surface area contributed by atoms with Gasteiger partial charge >= 0.3 is 0 Å². The van der Waals surface area contributed by atoms with Gasteiger partial charge < -0.3 is 10.5 Å². The predicted octanol–water partition coefficient (Wildman–Crippen LogP) is 1.90. The number of aromatic nitrogens is 1. The van der Waals surface area contributed by atoms with Crippen molar-refractivity contribution >= 4 is 17.3 Å². The Balaban J connectivity index is 1.97. The Labute approximate surface area is 117 Å². The molecule has 5 nitrogen and oxygen atoms in total. The van der Waals surface area contributed by atoms with Crippen LogP contribution in [0.1, 0.15) is 11.3 Å². The van der Waals surface area contributed by atoms with E-state index >= 15 is 0 Å². The van der Waals surface area contributed by atoms with Crippen LogP contribution in [0.2, 0.25) is 0 Å². The molecular formula is C15H15N3O2. The molecular weight excluding hydrogens is 254 g/mol. The second kappa shape index (κ2) is 4.85. The summed E-state index contributed by atoms with van der Waals surface area (Å²) in [4.78, 5) is 18.1. The zero-order valence-corrected chi connectivity index (χ0v) is 11.2. The number of benzene rings is 1. The molecule has 1 aromatic heterocycles. The van der Waals surface area contributed by atoms with Crippen LogP contribution < -0.4 is 15.4 Å². The maximum Gasteiger partial charge on any atom is 0.265 e. The molecule has 0 saturated carbocycles. The maximum atomic E-state index is 12.1. The lowest BCUT2D eigenvalue weighted by atomic mass is 10.1. The van der Waals surface area contributed by atoms with Crippen molar-refractivity contribution < 1.29 is 9.53 Å². The third-order valence-electron chi connectivity index (χ3n) is 3.35. The smallest absolute Gasteiger partial charge is 0.265 e. The topological polar surface area (TPSA) is 68.5 Å². The first kappa shape index (κ1) is 12.5. The number of rotatable bonds is 2.